The van der Waals surface area contributed by atoms with E-state index in [4.69, 9.17) is 9.47 Å². The second kappa shape index (κ2) is 12.8. The highest BCUT2D eigenvalue weighted by atomic mass is 31.2. The number of rotatable bonds is 11. The third kappa shape index (κ3) is 6.18. The first-order chi connectivity index (χ1) is 19.6. The molecule has 5 rings (SSSR count). The summed E-state index contributed by atoms with van der Waals surface area (Å²) in [5.74, 6) is 1.32. The Hall–Kier alpha value is -4.17. The Morgan fingerprint density at radius 2 is 1.18 bits per heavy atom. The van der Waals surface area contributed by atoms with Gasteiger partial charge < -0.3 is 9.47 Å². The molecule has 0 fully saturated rings. The van der Waals surface area contributed by atoms with Gasteiger partial charge in [0.2, 0.25) is 7.49 Å². The summed E-state index contributed by atoms with van der Waals surface area (Å²) in [6.45, 7) is 6.79. The fourth-order valence-corrected chi connectivity index (χ4v) is 7.46. The molecule has 3 nitrogen and oxygen atoms in total. The number of hydrogen-bond donors (Lipinski definition) is 1. The van der Waals surface area contributed by atoms with Crippen LogP contribution in [0.1, 0.15) is 29.2 Å². The zero-order valence-electron chi connectivity index (χ0n) is 22.7. The summed E-state index contributed by atoms with van der Waals surface area (Å²) in [6, 6.07) is 42.1. The van der Waals surface area contributed by atoms with Crippen LogP contribution in [-0.4, -0.2) is 4.89 Å². The molecule has 0 radical (unpaired) electrons. The molecular weight excluding hydrogens is 511 g/mol. The summed E-state index contributed by atoms with van der Waals surface area (Å²) in [5.41, 5.74) is 4.49. The largest absolute Gasteiger partial charge is 0.489 e. The Bertz CT molecular complexity index is 1490. The summed E-state index contributed by atoms with van der Waals surface area (Å²) in [7, 11) is -3.05. The molecule has 4 heteroatoms. The minimum atomic E-state index is -3.05. The lowest BCUT2D eigenvalue weighted by Crippen LogP contribution is -2.31. The normalized spacial score (nSPS) is 11.2. The van der Waals surface area contributed by atoms with Crippen LogP contribution in [0.5, 0.6) is 11.5 Å². The summed E-state index contributed by atoms with van der Waals surface area (Å²) in [4.78, 5) is 12.7. The Balaban J connectivity index is 1.54. The van der Waals surface area contributed by atoms with Gasteiger partial charge in [0.15, 0.2) is 11.1 Å². The first-order valence-corrected chi connectivity index (χ1v) is 15.3. The number of aryl methyl sites for hydroxylation is 1. The van der Waals surface area contributed by atoms with E-state index in [1.807, 2.05) is 109 Å². The van der Waals surface area contributed by atoms with Gasteiger partial charge >= 0.3 is 0 Å². The average Bonchev–Trinajstić information content (AvgIpc) is 3.04. The maximum Gasteiger partial charge on any atom is 0.242 e. The number of ether oxygens (including phenoxy) is 2. The highest BCUT2D eigenvalue weighted by molar-refractivity contribution is 7.91. The molecule has 5 aromatic rings. The van der Waals surface area contributed by atoms with E-state index in [-0.39, 0.29) is 0 Å². The molecule has 40 heavy (non-hydrogen) atoms. The predicted molar refractivity (Wildman–Crippen MR) is 168 cm³/mol. The fourth-order valence-electron chi connectivity index (χ4n) is 4.63. The molecule has 0 unspecified atom stereocenters. The van der Waals surface area contributed by atoms with Crippen LogP contribution in [0.15, 0.2) is 134 Å². The van der Waals surface area contributed by atoms with Crippen LogP contribution in [0, 0.1) is 0 Å². The fraction of sp³-hybridized carbons (Fsp3) is 0.111. The molecule has 5 aromatic carbocycles. The van der Waals surface area contributed by atoms with Crippen molar-refractivity contribution in [2.24, 2.45) is 0 Å². The Morgan fingerprint density at radius 1 is 0.650 bits per heavy atom. The van der Waals surface area contributed by atoms with E-state index in [2.05, 4.69) is 37.8 Å². The van der Waals surface area contributed by atoms with Crippen molar-refractivity contribution in [3.8, 4) is 11.5 Å². The molecule has 0 aliphatic rings. The van der Waals surface area contributed by atoms with Gasteiger partial charge in [-0.25, -0.2) is 4.89 Å². The molecule has 0 amide bonds. The van der Waals surface area contributed by atoms with E-state index in [0.717, 1.165) is 39.0 Å². The minimum Gasteiger partial charge on any atom is -0.489 e. The molecule has 0 bridgehead atoms. The molecule has 0 saturated heterocycles. The van der Waals surface area contributed by atoms with E-state index >= 15 is 0 Å². The average molecular weight is 546 g/mol. The van der Waals surface area contributed by atoms with Crippen molar-refractivity contribution < 1.29 is 14.4 Å². The van der Waals surface area contributed by atoms with Gasteiger partial charge in [0.05, 0.1) is 0 Å². The van der Waals surface area contributed by atoms with Crippen molar-refractivity contribution >= 4 is 29.5 Å². The van der Waals surface area contributed by atoms with Crippen LogP contribution in [-0.2, 0) is 19.6 Å². The molecule has 0 heterocycles. The SMILES string of the molecule is C=Cc1ccc(COc2ccc(OCc3ccc(CC)cc3)cc2[P+](O)(c2ccccc2)c2ccccc2)cc1. The third-order valence-electron chi connectivity index (χ3n) is 6.99. The highest BCUT2D eigenvalue weighted by Gasteiger charge is 2.47. The van der Waals surface area contributed by atoms with Crippen LogP contribution < -0.4 is 25.4 Å². The van der Waals surface area contributed by atoms with Crippen molar-refractivity contribution in [1.82, 2.24) is 0 Å². The topological polar surface area (TPSA) is 38.7 Å². The van der Waals surface area contributed by atoms with Gasteiger partial charge in [-0.2, -0.15) is 0 Å². The summed E-state index contributed by atoms with van der Waals surface area (Å²) < 4.78 is 12.7. The monoisotopic (exact) mass is 545 g/mol. The second-order valence-corrected chi connectivity index (χ2v) is 12.4. The summed E-state index contributed by atoms with van der Waals surface area (Å²) in [6.07, 6.45) is 2.83. The quantitative estimate of drug-likeness (QED) is 0.178. The van der Waals surface area contributed by atoms with Crippen molar-refractivity contribution in [1.29, 1.82) is 0 Å². The van der Waals surface area contributed by atoms with Gasteiger partial charge in [0.25, 0.3) is 0 Å². The van der Waals surface area contributed by atoms with Gasteiger partial charge in [-0.1, -0.05) is 105 Å². The van der Waals surface area contributed by atoms with E-state index in [9.17, 15) is 4.89 Å². The van der Waals surface area contributed by atoms with Crippen molar-refractivity contribution in [3.05, 3.63) is 156 Å². The lowest BCUT2D eigenvalue weighted by atomic mass is 10.1. The predicted octanol–water partition coefficient (Wildman–Crippen LogP) is 7.25. The van der Waals surface area contributed by atoms with Gasteiger partial charge in [0.1, 0.15) is 29.6 Å². The second-order valence-electron chi connectivity index (χ2n) is 9.63. The zero-order valence-corrected chi connectivity index (χ0v) is 23.6. The first-order valence-electron chi connectivity index (χ1n) is 13.5. The molecule has 0 spiro atoms. The molecule has 0 aromatic heterocycles. The molecular formula is C36H34O3P+. The number of hydrogen-bond acceptors (Lipinski definition) is 3. The van der Waals surface area contributed by atoms with E-state index < -0.39 is 7.49 Å². The maximum atomic E-state index is 12.7. The van der Waals surface area contributed by atoms with Crippen LogP contribution in [0.4, 0.5) is 0 Å². The Kier molecular flexibility index (Phi) is 8.76. The maximum absolute atomic E-state index is 12.7. The first kappa shape index (κ1) is 27.4. The van der Waals surface area contributed by atoms with Crippen LogP contribution in [0.25, 0.3) is 6.08 Å². The molecule has 0 atom stereocenters. The zero-order chi connectivity index (χ0) is 27.8. The van der Waals surface area contributed by atoms with Gasteiger partial charge in [-0.3, -0.25) is 0 Å². The molecule has 200 valence electrons. The van der Waals surface area contributed by atoms with Crippen molar-refractivity contribution in [3.63, 3.8) is 0 Å². The molecule has 0 saturated carbocycles. The van der Waals surface area contributed by atoms with Gasteiger partial charge in [-0.15, -0.1) is 0 Å². The summed E-state index contributed by atoms with van der Waals surface area (Å²) in [5, 5.41) is 2.44. The smallest absolute Gasteiger partial charge is 0.242 e. The van der Waals surface area contributed by atoms with Gasteiger partial charge in [-0.05, 0) is 65.1 Å². The van der Waals surface area contributed by atoms with Crippen LogP contribution in [0.2, 0.25) is 0 Å². The highest BCUT2D eigenvalue weighted by Crippen LogP contribution is 2.53. The van der Waals surface area contributed by atoms with Crippen LogP contribution >= 0.6 is 7.49 Å². The molecule has 0 aliphatic heterocycles. The summed E-state index contributed by atoms with van der Waals surface area (Å²) >= 11 is 0. The molecule has 0 aliphatic carbocycles. The molecule has 1 N–H and O–H groups in total. The lowest BCUT2D eigenvalue weighted by Gasteiger charge is -2.23. The van der Waals surface area contributed by atoms with Crippen molar-refractivity contribution in [2.45, 2.75) is 26.6 Å². The van der Waals surface area contributed by atoms with Gasteiger partial charge in [0, 0.05) is 6.07 Å². The standard InChI is InChI=1S/C36H34O3P/c1-3-28-15-19-30(20-16-28)26-38-32-23-24-35(39-27-31-21-17-29(4-2)18-22-31)36(25-32)40(37,33-11-7-5-8-12-33)34-13-9-6-10-14-34/h4-25,37H,2-3,26-27H2,1H3/q+1. The third-order valence-corrected chi connectivity index (χ3v) is 10.1. The minimum absolute atomic E-state index is 0.373. The lowest BCUT2D eigenvalue weighted by molar-refractivity contribution is 0.299. The number of benzene rings is 5. The van der Waals surface area contributed by atoms with Crippen LogP contribution in [0.3, 0.4) is 0 Å². The van der Waals surface area contributed by atoms with E-state index in [1.54, 1.807) is 0 Å². The van der Waals surface area contributed by atoms with E-state index in [0.29, 0.717) is 24.7 Å². The Labute approximate surface area is 237 Å². The Morgan fingerprint density at radius 3 is 1.73 bits per heavy atom. The van der Waals surface area contributed by atoms with E-state index in [1.165, 1.54) is 5.56 Å². The van der Waals surface area contributed by atoms with Crippen molar-refractivity contribution in [2.75, 3.05) is 0 Å².